The van der Waals surface area contributed by atoms with Gasteiger partial charge in [-0.25, -0.2) is 4.79 Å². The van der Waals surface area contributed by atoms with E-state index in [9.17, 15) is 14.4 Å². The minimum Gasteiger partial charge on any atom is -0.497 e. The average molecular weight is 353 g/mol. The molecule has 0 saturated carbocycles. The third-order valence-corrected chi connectivity index (χ3v) is 3.61. The molecule has 6 nitrogen and oxygen atoms in total. The lowest BCUT2D eigenvalue weighted by molar-refractivity contribution is -0.116. The maximum absolute atomic E-state index is 12.4. The molecule has 0 heterocycles. The summed E-state index contributed by atoms with van der Waals surface area (Å²) < 4.78 is 10.5. The van der Waals surface area contributed by atoms with Crippen LogP contribution in [0.25, 0.3) is 0 Å². The number of hydrogen-bond donors (Lipinski definition) is 1. The molecule has 0 aromatic heterocycles. The smallest absolute Gasteiger partial charge is 0.343 e. The molecule has 6 heteroatoms. The molecule has 0 aliphatic heterocycles. The predicted octanol–water partition coefficient (Wildman–Crippen LogP) is 2.92. The van der Waals surface area contributed by atoms with Crippen molar-refractivity contribution in [3.05, 3.63) is 71.8 Å². The summed E-state index contributed by atoms with van der Waals surface area (Å²) in [5, 5.41) is 2.65. The number of benzene rings is 2. The lowest BCUT2D eigenvalue weighted by Gasteiger charge is -2.10. The fourth-order valence-corrected chi connectivity index (χ4v) is 2.18. The number of rotatable bonds is 7. The molecule has 2 aromatic rings. The van der Waals surface area contributed by atoms with Crippen LogP contribution in [0.3, 0.4) is 0 Å². The Balaban J connectivity index is 2.13. The summed E-state index contributed by atoms with van der Waals surface area (Å²) in [5.41, 5.74) is 1.44. The molecule has 134 valence electrons. The number of hydrogen-bond acceptors (Lipinski definition) is 5. The van der Waals surface area contributed by atoms with Crippen molar-refractivity contribution in [1.29, 1.82) is 0 Å². The van der Waals surface area contributed by atoms with E-state index in [1.807, 2.05) is 0 Å². The highest BCUT2D eigenvalue weighted by Crippen LogP contribution is 2.26. The molecule has 0 aliphatic carbocycles. The van der Waals surface area contributed by atoms with Crippen molar-refractivity contribution >= 4 is 17.7 Å². The van der Waals surface area contributed by atoms with Crippen LogP contribution in [0, 0.1) is 0 Å². The zero-order valence-corrected chi connectivity index (χ0v) is 14.6. The quantitative estimate of drug-likeness (QED) is 0.358. The molecule has 2 aromatic carbocycles. The second kappa shape index (κ2) is 8.62. The van der Waals surface area contributed by atoms with Crippen LogP contribution in [0.5, 0.6) is 11.5 Å². The first-order chi connectivity index (χ1) is 12.4. The summed E-state index contributed by atoms with van der Waals surface area (Å²) in [7, 11) is 1.48. The van der Waals surface area contributed by atoms with Gasteiger partial charge in [-0.1, -0.05) is 18.7 Å². The van der Waals surface area contributed by atoms with Gasteiger partial charge in [0.1, 0.15) is 11.5 Å². The number of carbonyl (C=O) groups is 3. The third kappa shape index (κ3) is 4.80. The van der Waals surface area contributed by atoms with Gasteiger partial charge in [0.2, 0.25) is 5.91 Å². The number of amides is 1. The van der Waals surface area contributed by atoms with Gasteiger partial charge in [0, 0.05) is 12.6 Å². The van der Waals surface area contributed by atoms with Crippen LogP contribution in [0.15, 0.2) is 55.1 Å². The molecule has 0 bridgehead atoms. The number of nitrogens with one attached hydrogen (secondary N) is 1. The van der Waals surface area contributed by atoms with Crippen molar-refractivity contribution < 1.29 is 23.9 Å². The van der Waals surface area contributed by atoms with Crippen molar-refractivity contribution in [1.82, 2.24) is 5.32 Å². The van der Waals surface area contributed by atoms with Gasteiger partial charge < -0.3 is 14.8 Å². The molecular formula is C20H19NO5. The van der Waals surface area contributed by atoms with Gasteiger partial charge in [-0.3, -0.25) is 9.59 Å². The molecule has 0 saturated heterocycles. The Morgan fingerprint density at radius 3 is 2.38 bits per heavy atom. The van der Waals surface area contributed by atoms with Crippen molar-refractivity contribution in [3.8, 4) is 11.5 Å². The van der Waals surface area contributed by atoms with Crippen molar-refractivity contribution in [2.45, 2.75) is 13.5 Å². The van der Waals surface area contributed by atoms with Crippen LogP contribution in [-0.2, 0) is 11.3 Å². The average Bonchev–Trinajstić information content (AvgIpc) is 2.66. The van der Waals surface area contributed by atoms with Crippen molar-refractivity contribution in [2.75, 3.05) is 7.11 Å². The maximum Gasteiger partial charge on any atom is 0.343 e. The van der Waals surface area contributed by atoms with E-state index in [-0.39, 0.29) is 17.4 Å². The monoisotopic (exact) mass is 353 g/mol. The molecule has 0 radical (unpaired) electrons. The van der Waals surface area contributed by atoms with E-state index < -0.39 is 5.97 Å². The number of ether oxygens (including phenoxy) is 2. The molecule has 2 rings (SSSR count). The molecular weight excluding hydrogens is 334 g/mol. The first-order valence-corrected chi connectivity index (χ1v) is 7.85. The molecule has 0 aliphatic rings. The molecule has 26 heavy (non-hydrogen) atoms. The molecule has 1 N–H and O–H groups in total. The normalized spacial score (nSPS) is 9.92. The van der Waals surface area contributed by atoms with Crippen molar-refractivity contribution in [3.63, 3.8) is 0 Å². The van der Waals surface area contributed by atoms with E-state index in [1.165, 1.54) is 26.2 Å². The molecule has 0 atom stereocenters. The number of ketones is 1. The van der Waals surface area contributed by atoms with Gasteiger partial charge in [0.15, 0.2) is 5.78 Å². The van der Waals surface area contributed by atoms with Crippen molar-refractivity contribution in [2.24, 2.45) is 0 Å². The zero-order chi connectivity index (χ0) is 19.1. The lowest BCUT2D eigenvalue weighted by atomic mass is 10.1. The first-order valence-electron chi connectivity index (χ1n) is 7.85. The summed E-state index contributed by atoms with van der Waals surface area (Å²) in [6, 6.07) is 11.3. The topological polar surface area (TPSA) is 81.7 Å². The minimum absolute atomic E-state index is 0.143. The van der Waals surface area contributed by atoms with Gasteiger partial charge >= 0.3 is 5.97 Å². The zero-order valence-electron chi connectivity index (χ0n) is 14.6. The van der Waals surface area contributed by atoms with E-state index >= 15 is 0 Å². The maximum atomic E-state index is 12.4. The summed E-state index contributed by atoms with van der Waals surface area (Å²) >= 11 is 0. The number of Topliss-reactive ketones (excluding diaryl/α,β-unsaturated/α-hetero) is 1. The van der Waals surface area contributed by atoms with E-state index in [1.54, 1.807) is 36.4 Å². The Hall–Kier alpha value is -3.41. The highest BCUT2D eigenvalue weighted by molar-refractivity contribution is 5.99. The van der Waals surface area contributed by atoms with Gasteiger partial charge in [-0.05, 0) is 42.8 Å². The summed E-state index contributed by atoms with van der Waals surface area (Å²) in [6.45, 7) is 5.09. The SMILES string of the molecule is C=CC(=O)NCc1ccc(C(=O)Oc2cc(OC)ccc2C(C)=O)cc1. The molecule has 1 amide bonds. The van der Waals surface area contributed by atoms with Gasteiger partial charge in [0.05, 0.1) is 18.2 Å². The van der Waals surface area contributed by atoms with Crippen LogP contribution in [-0.4, -0.2) is 24.8 Å². The number of esters is 1. The van der Waals surface area contributed by atoms with Gasteiger partial charge in [-0.15, -0.1) is 0 Å². The van der Waals surface area contributed by atoms with E-state index in [2.05, 4.69) is 11.9 Å². The second-order valence-corrected chi connectivity index (χ2v) is 5.43. The van der Waals surface area contributed by atoms with Crippen LogP contribution in [0.4, 0.5) is 0 Å². The van der Waals surface area contributed by atoms with Crippen LogP contribution in [0.2, 0.25) is 0 Å². The second-order valence-electron chi connectivity index (χ2n) is 5.43. The predicted molar refractivity (Wildman–Crippen MR) is 96.4 cm³/mol. The van der Waals surface area contributed by atoms with Crippen LogP contribution in [0.1, 0.15) is 33.2 Å². The fraction of sp³-hybridized carbons (Fsp3) is 0.150. The Kier molecular flexibility index (Phi) is 6.27. The Morgan fingerprint density at radius 1 is 1.12 bits per heavy atom. The fourth-order valence-electron chi connectivity index (χ4n) is 2.18. The highest BCUT2D eigenvalue weighted by atomic mass is 16.5. The van der Waals surface area contributed by atoms with Crippen LogP contribution < -0.4 is 14.8 Å². The van der Waals surface area contributed by atoms with Gasteiger partial charge in [-0.2, -0.15) is 0 Å². The summed E-state index contributed by atoms with van der Waals surface area (Å²) in [4.78, 5) is 35.2. The Bertz CT molecular complexity index is 840. The standard InChI is InChI=1S/C20H19NO5/c1-4-19(23)21-12-14-5-7-15(8-6-14)20(24)26-18-11-16(25-3)9-10-17(18)13(2)22/h4-11H,1,12H2,2-3H3,(H,21,23). The summed E-state index contributed by atoms with van der Waals surface area (Å²) in [6.07, 6.45) is 1.19. The first kappa shape index (κ1) is 18.9. The Labute approximate surface area is 151 Å². The largest absolute Gasteiger partial charge is 0.497 e. The minimum atomic E-state index is -0.595. The van der Waals surface area contributed by atoms with E-state index in [4.69, 9.17) is 9.47 Å². The lowest BCUT2D eigenvalue weighted by Crippen LogP contribution is -2.20. The Morgan fingerprint density at radius 2 is 1.81 bits per heavy atom. The third-order valence-electron chi connectivity index (χ3n) is 3.61. The molecule has 0 unspecified atom stereocenters. The van der Waals surface area contributed by atoms with Gasteiger partial charge in [0.25, 0.3) is 0 Å². The number of methoxy groups -OCH3 is 1. The number of carbonyl (C=O) groups excluding carboxylic acids is 3. The van der Waals surface area contributed by atoms with Crippen LogP contribution >= 0.6 is 0 Å². The molecule has 0 fully saturated rings. The van der Waals surface area contributed by atoms with E-state index in [0.717, 1.165) is 5.56 Å². The summed E-state index contributed by atoms with van der Waals surface area (Å²) in [5.74, 6) is -0.468. The van der Waals surface area contributed by atoms with E-state index in [0.29, 0.717) is 23.4 Å². The molecule has 0 spiro atoms. The highest BCUT2D eigenvalue weighted by Gasteiger charge is 2.15.